The normalized spacial score (nSPS) is 22.9. The zero-order valence-electron chi connectivity index (χ0n) is 23.5. The summed E-state index contributed by atoms with van der Waals surface area (Å²) < 4.78 is 32.9. The Morgan fingerprint density at radius 1 is 1.20 bits per heavy atom. The van der Waals surface area contributed by atoms with E-state index in [1.54, 1.807) is 26.1 Å². The summed E-state index contributed by atoms with van der Waals surface area (Å²) in [5, 5.41) is 31.3. The number of carbonyl (C=O) groups is 1. The molecule has 4 unspecified atom stereocenters. The quantitative estimate of drug-likeness (QED) is 0.298. The Labute approximate surface area is 248 Å². The lowest BCUT2D eigenvalue weighted by atomic mass is 9.62. The van der Waals surface area contributed by atoms with Crippen LogP contribution in [-0.2, 0) is 16.8 Å². The van der Waals surface area contributed by atoms with Gasteiger partial charge in [-0.15, -0.1) is 0 Å². The number of benzene rings is 2. The van der Waals surface area contributed by atoms with Gasteiger partial charge < -0.3 is 15.7 Å². The highest BCUT2D eigenvalue weighted by atomic mass is 35.5. The standard InChI is InChI=1S/C30H33Cl2F2N5O2/c1-28(2,3)14-22-30(15-35,19-10-9-17(31)13-21(19)33)24(18-7-6-8-20(32)25(18)34)26(36-22)27(40)37-23-11-12-39(38-23)16-29(4,5)41/h6-13,22,24,26,36,41H,14,16H2,1-5H3,(H,37,38,40). The molecule has 0 aliphatic carbocycles. The smallest absolute Gasteiger partial charge is 0.243 e. The second-order valence-corrected chi connectivity index (χ2v) is 13.2. The lowest BCUT2D eigenvalue weighted by Crippen LogP contribution is -2.45. The molecule has 4 atom stereocenters. The van der Waals surface area contributed by atoms with E-state index in [9.17, 15) is 15.2 Å². The summed E-state index contributed by atoms with van der Waals surface area (Å²) in [5.41, 5.74) is -3.12. The van der Waals surface area contributed by atoms with Crippen LogP contribution in [0.1, 0.15) is 58.1 Å². The van der Waals surface area contributed by atoms with Crippen molar-refractivity contribution in [3.8, 4) is 6.07 Å². The molecule has 1 aliphatic heterocycles. The Morgan fingerprint density at radius 3 is 2.51 bits per heavy atom. The number of rotatable bonds is 7. The molecule has 11 heteroatoms. The van der Waals surface area contributed by atoms with Gasteiger partial charge in [-0.1, -0.05) is 62.2 Å². The number of hydrogen-bond acceptors (Lipinski definition) is 5. The molecule has 2 heterocycles. The predicted molar refractivity (Wildman–Crippen MR) is 155 cm³/mol. The van der Waals surface area contributed by atoms with Crippen molar-refractivity contribution >= 4 is 34.9 Å². The van der Waals surface area contributed by atoms with Crippen LogP contribution in [0.2, 0.25) is 10.0 Å². The molecule has 4 rings (SSSR count). The summed E-state index contributed by atoms with van der Waals surface area (Å²) in [6.45, 7) is 9.34. The van der Waals surface area contributed by atoms with Crippen molar-refractivity contribution in [1.82, 2.24) is 15.1 Å². The lowest BCUT2D eigenvalue weighted by Gasteiger charge is -2.37. The minimum Gasteiger partial charge on any atom is -0.389 e. The van der Waals surface area contributed by atoms with E-state index < -0.39 is 46.6 Å². The van der Waals surface area contributed by atoms with Gasteiger partial charge in [0.05, 0.1) is 29.3 Å². The van der Waals surface area contributed by atoms with Crippen LogP contribution in [-0.4, -0.2) is 38.5 Å². The summed E-state index contributed by atoms with van der Waals surface area (Å²) in [4.78, 5) is 13.9. The molecule has 0 bridgehead atoms. The molecule has 1 aliphatic rings. The number of halogens is 4. The molecule has 0 spiro atoms. The van der Waals surface area contributed by atoms with E-state index in [0.717, 1.165) is 6.07 Å². The molecule has 218 valence electrons. The van der Waals surface area contributed by atoms with Gasteiger partial charge in [0.25, 0.3) is 0 Å². The molecule has 2 aromatic carbocycles. The Hall–Kier alpha value is -3.03. The molecule has 1 amide bonds. The average Bonchev–Trinajstić information content (AvgIpc) is 3.40. The molecule has 3 N–H and O–H groups in total. The number of anilines is 1. The Balaban J connectivity index is 1.89. The van der Waals surface area contributed by atoms with Crippen molar-refractivity contribution in [2.75, 3.05) is 5.32 Å². The van der Waals surface area contributed by atoms with Crippen molar-refractivity contribution in [2.45, 2.75) is 76.6 Å². The third kappa shape index (κ3) is 6.41. The van der Waals surface area contributed by atoms with Crippen LogP contribution in [0.4, 0.5) is 14.6 Å². The van der Waals surface area contributed by atoms with E-state index in [-0.39, 0.29) is 38.9 Å². The molecule has 41 heavy (non-hydrogen) atoms. The van der Waals surface area contributed by atoms with E-state index in [1.165, 1.54) is 35.0 Å². The van der Waals surface area contributed by atoms with Crippen molar-refractivity contribution in [3.63, 3.8) is 0 Å². The van der Waals surface area contributed by atoms with Crippen LogP contribution in [0, 0.1) is 28.4 Å². The van der Waals surface area contributed by atoms with Gasteiger partial charge in [0.2, 0.25) is 5.91 Å². The number of amides is 1. The molecular weight excluding hydrogens is 571 g/mol. The first-order valence-corrected chi connectivity index (χ1v) is 13.9. The first-order chi connectivity index (χ1) is 19.1. The second kappa shape index (κ2) is 11.3. The molecule has 7 nitrogen and oxygen atoms in total. The fourth-order valence-electron chi connectivity index (χ4n) is 5.67. The van der Waals surface area contributed by atoms with E-state index in [0.29, 0.717) is 6.42 Å². The molecule has 1 aromatic heterocycles. The molecule has 3 aromatic rings. The van der Waals surface area contributed by atoms with Gasteiger partial charge in [-0.2, -0.15) is 10.4 Å². The maximum absolute atomic E-state index is 15.7. The minimum absolute atomic E-state index is 0.000260. The highest BCUT2D eigenvalue weighted by Crippen LogP contribution is 2.52. The van der Waals surface area contributed by atoms with Gasteiger partial charge >= 0.3 is 0 Å². The van der Waals surface area contributed by atoms with Gasteiger partial charge in [-0.25, -0.2) is 8.78 Å². The molecule has 1 fully saturated rings. The van der Waals surface area contributed by atoms with Gasteiger partial charge in [0, 0.05) is 34.8 Å². The van der Waals surface area contributed by atoms with Gasteiger partial charge in [0.1, 0.15) is 17.0 Å². The number of nitrogens with one attached hydrogen (secondary N) is 2. The molecule has 1 saturated heterocycles. The number of nitrogens with zero attached hydrogens (tertiary/aromatic N) is 3. The number of nitriles is 1. The van der Waals surface area contributed by atoms with Crippen molar-refractivity contribution in [3.05, 3.63) is 81.5 Å². The molecular formula is C30H33Cl2F2N5O2. The zero-order chi connectivity index (χ0) is 30.3. The summed E-state index contributed by atoms with van der Waals surface area (Å²) in [5.74, 6) is -3.11. The lowest BCUT2D eigenvalue weighted by molar-refractivity contribution is -0.118. The predicted octanol–water partition coefficient (Wildman–Crippen LogP) is 6.20. The highest BCUT2D eigenvalue weighted by molar-refractivity contribution is 6.31. The van der Waals surface area contributed by atoms with E-state index >= 15 is 8.78 Å². The van der Waals surface area contributed by atoms with Crippen LogP contribution < -0.4 is 10.6 Å². The van der Waals surface area contributed by atoms with E-state index in [2.05, 4.69) is 21.8 Å². The van der Waals surface area contributed by atoms with Crippen molar-refractivity contribution in [2.24, 2.45) is 5.41 Å². The summed E-state index contributed by atoms with van der Waals surface area (Å²) >= 11 is 12.2. The van der Waals surface area contributed by atoms with Crippen LogP contribution in [0.3, 0.4) is 0 Å². The number of aliphatic hydroxyl groups is 1. The zero-order valence-corrected chi connectivity index (χ0v) is 25.0. The van der Waals surface area contributed by atoms with Gasteiger partial charge in [-0.05, 0) is 49.4 Å². The Kier molecular flexibility index (Phi) is 8.55. The molecule has 0 saturated carbocycles. The van der Waals surface area contributed by atoms with Crippen LogP contribution >= 0.6 is 23.2 Å². The van der Waals surface area contributed by atoms with E-state index in [4.69, 9.17) is 23.2 Å². The monoisotopic (exact) mass is 603 g/mol. The first kappa shape index (κ1) is 30.9. The molecule has 0 radical (unpaired) electrons. The van der Waals surface area contributed by atoms with Crippen LogP contribution in [0.5, 0.6) is 0 Å². The average molecular weight is 605 g/mol. The third-order valence-corrected chi connectivity index (χ3v) is 7.70. The minimum atomic E-state index is -1.73. The number of carbonyl (C=O) groups excluding carboxylic acids is 1. The fraction of sp³-hybridized carbons (Fsp3) is 0.433. The van der Waals surface area contributed by atoms with E-state index in [1.807, 2.05) is 20.8 Å². The Morgan fingerprint density at radius 2 is 1.90 bits per heavy atom. The fourth-order valence-corrected chi connectivity index (χ4v) is 6.01. The first-order valence-electron chi connectivity index (χ1n) is 13.2. The summed E-state index contributed by atoms with van der Waals surface area (Å²) in [6.07, 6.45) is 1.96. The van der Waals surface area contributed by atoms with Crippen molar-refractivity contribution < 1.29 is 18.7 Å². The summed E-state index contributed by atoms with van der Waals surface area (Å²) in [6, 6.07) is 10.3. The second-order valence-electron chi connectivity index (χ2n) is 12.4. The van der Waals surface area contributed by atoms with Gasteiger partial charge in [-0.3, -0.25) is 9.48 Å². The third-order valence-electron chi connectivity index (χ3n) is 7.17. The topological polar surface area (TPSA) is 103 Å². The Bertz CT molecular complexity index is 1490. The summed E-state index contributed by atoms with van der Waals surface area (Å²) in [7, 11) is 0. The SMILES string of the molecule is CC(C)(C)CC1NC(C(=O)Nc2ccn(CC(C)(C)O)n2)C(c2cccc(Cl)c2F)C1(C#N)c1ccc(Cl)cc1F. The van der Waals surface area contributed by atoms with Crippen LogP contribution in [0.15, 0.2) is 48.7 Å². The largest absolute Gasteiger partial charge is 0.389 e. The maximum Gasteiger partial charge on any atom is 0.243 e. The van der Waals surface area contributed by atoms with Crippen molar-refractivity contribution in [1.29, 1.82) is 5.26 Å². The number of hydrogen-bond donors (Lipinski definition) is 3. The van der Waals surface area contributed by atoms with Crippen LogP contribution in [0.25, 0.3) is 0 Å². The number of aromatic nitrogens is 2. The van der Waals surface area contributed by atoms with Gasteiger partial charge in [0.15, 0.2) is 5.82 Å². The highest BCUT2D eigenvalue weighted by Gasteiger charge is 2.61. The maximum atomic E-state index is 15.7.